The van der Waals surface area contributed by atoms with Crippen LogP contribution in [0.2, 0.25) is 0 Å². The van der Waals surface area contributed by atoms with Crippen molar-refractivity contribution in [3.63, 3.8) is 0 Å². The number of fused-ring (bicyclic) bond motifs is 1. The van der Waals surface area contributed by atoms with Crippen LogP contribution in [0.1, 0.15) is 46.9 Å². The minimum Gasteiger partial charge on any atom is -0.446 e. The molecule has 0 aliphatic carbocycles. The molecule has 96 valence electrons. The highest BCUT2D eigenvalue weighted by Crippen LogP contribution is 2.33. The van der Waals surface area contributed by atoms with Crippen molar-refractivity contribution in [3.8, 4) is 0 Å². The number of hydrogen-bond donors (Lipinski definition) is 0. The predicted molar refractivity (Wildman–Crippen MR) is 72.2 cm³/mol. The summed E-state index contributed by atoms with van der Waals surface area (Å²) in [4.78, 5) is 24.5. The van der Waals surface area contributed by atoms with Crippen molar-refractivity contribution >= 4 is 27.7 Å². The van der Waals surface area contributed by atoms with Crippen LogP contribution in [0.3, 0.4) is 0 Å². The number of rotatable bonds is 4. The first-order valence-electron chi connectivity index (χ1n) is 6.08. The Hall–Kier alpha value is -1.16. The maximum absolute atomic E-state index is 12.5. The Morgan fingerprint density at radius 3 is 2.50 bits per heavy atom. The number of carbonyl (C=O) groups is 2. The summed E-state index contributed by atoms with van der Waals surface area (Å²) in [7, 11) is 0. The van der Waals surface area contributed by atoms with Gasteiger partial charge < -0.3 is 4.74 Å². The molecule has 0 spiro atoms. The molecule has 1 aliphatic heterocycles. The van der Waals surface area contributed by atoms with Crippen LogP contribution in [0.5, 0.6) is 0 Å². The summed E-state index contributed by atoms with van der Waals surface area (Å²) in [5.41, 5.74) is -0.179. The van der Waals surface area contributed by atoms with E-state index in [1.807, 2.05) is 6.92 Å². The fraction of sp³-hybridized carbons (Fsp3) is 0.429. The zero-order valence-electron chi connectivity index (χ0n) is 10.2. The second-order valence-electron chi connectivity index (χ2n) is 4.50. The monoisotopic (exact) mass is 310 g/mol. The zero-order chi connectivity index (χ0) is 13.2. The van der Waals surface area contributed by atoms with E-state index < -0.39 is 11.6 Å². The molecule has 0 saturated carbocycles. The molecule has 1 aliphatic rings. The molecule has 1 unspecified atom stereocenters. The van der Waals surface area contributed by atoms with Gasteiger partial charge in [-0.25, -0.2) is 4.79 Å². The Kier molecular flexibility index (Phi) is 3.85. The maximum Gasteiger partial charge on any atom is 0.339 e. The standard InChI is InChI=1S/C14H15BrO3/c1-2-3-8-14(9-15)12(16)10-6-4-5-7-11(10)13(17)18-14/h4-7H,2-3,8-9H2,1H3. The van der Waals surface area contributed by atoms with Crippen LogP contribution in [0.15, 0.2) is 24.3 Å². The van der Waals surface area contributed by atoms with E-state index in [1.165, 1.54) is 0 Å². The van der Waals surface area contributed by atoms with Crippen LogP contribution in [0.25, 0.3) is 0 Å². The molecular weight excluding hydrogens is 296 g/mol. The van der Waals surface area contributed by atoms with E-state index in [1.54, 1.807) is 24.3 Å². The number of alkyl halides is 1. The van der Waals surface area contributed by atoms with Gasteiger partial charge in [-0.15, -0.1) is 0 Å². The minimum absolute atomic E-state index is 0.0944. The van der Waals surface area contributed by atoms with Crippen molar-refractivity contribution in [2.45, 2.75) is 31.8 Å². The number of esters is 1. The predicted octanol–water partition coefficient (Wildman–Crippen LogP) is 3.36. The lowest BCUT2D eigenvalue weighted by Gasteiger charge is -2.34. The Morgan fingerprint density at radius 1 is 1.22 bits per heavy atom. The van der Waals surface area contributed by atoms with Crippen LogP contribution in [-0.2, 0) is 4.74 Å². The molecule has 0 aromatic heterocycles. The second-order valence-corrected chi connectivity index (χ2v) is 5.06. The normalized spacial score (nSPS) is 22.6. The molecule has 3 nitrogen and oxygen atoms in total. The molecule has 1 atom stereocenters. The third kappa shape index (κ3) is 2.09. The van der Waals surface area contributed by atoms with E-state index in [0.29, 0.717) is 22.9 Å². The van der Waals surface area contributed by atoms with Gasteiger partial charge >= 0.3 is 5.97 Å². The third-order valence-corrected chi connectivity index (χ3v) is 4.15. The highest BCUT2D eigenvalue weighted by atomic mass is 79.9. The zero-order valence-corrected chi connectivity index (χ0v) is 11.8. The van der Waals surface area contributed by atoms with Crippen LogP contribution in [0.4, 0.5) is 0 Å². The Morgan fingerprint density at radius 2 is 1.89 bits per heavy atom. The fourth-order valence-electron chi connectivity index (χ4n) is 2.16. The summed E-state index contributed by atoms with van der Waals surface area (Å²) in [6.45, 7) is 2.05. The van der Waals surface area contributed by atoms with Gasteiger partial charge in [-0.05, 0) is 18.9 Å². The van der Waals surface area contributed by atoms with Gasteiger partial charge in [0.1, 0.15) is 0 Å². The van der Waals surface area contributed by atoms with E-state index in [-0.39, 0.29) is 5.78 Å². The lowest BCUT2D eigenvalue weighted by atomic mass is 9.85. The average molecular weight is 311 g/mol. The van der Waals surface area contributed by atoms with Crippen LogP contribution in [-0.4, -0.2) is 22.7 Å². The number of hydrogen-bond acceptors (Lipinski definition) is 3. The molecule has 0 fully saturated rings. The van der Waals surface area contributed by atoms with Crippen molar-refractivity contribution in [1.82, 2.24) is 0 Å². The van der Waals surface area contributed by atoms with Gasteiger partial charge in [0.15, 0.2) is 5.60 Å². The molecule has 4 heteroatoms. The van der Waals surface area contributed by atoms with Crippen molar-refractivity contribution in [3.05, 3.63) is 35.4 Å². The van der Waals surface area contributed by atoms with Gasteiger partial charge in [-0.2, -0.15) is 0 Å². The molecule has 1 heterocycles. The van der Waals surface area contributed by atoms with Crippen molar-refractivity contribution in [2.75, 3.05) is 5.33 Å². The van der Waals surface area contributed by atoms with Crippen molar-refractivity contribution in [1.29, 1.82) is 0 Å². The summed E-state index contributed by atoms with van der Waals surface area (Å²) in [6, 6.07) is 6.84. The Bertz CT molecular complexity index is 484. The van der Waals surface area contributed by atoms with E-state index in [2.05, 4.69) is 15.9 Å². The maximum atomic E-state index is 12.5. The van der Waals surface area contributed by atoms with Gasteiger partial charge in [0.05, 0.1) is 10.9 Å². The molecule has 1 aromatic rings. The fourth-order valence-corrected chi connectivity index (χ4v) is 2.81. The Balaban J connectivity index is 2.43. The first-order chi connectivity index (χ1) is 8.64. The number of unbranched alkanes of at least 4 members (excludes halogenated alkanes) is 1. The summed E-state index contributed by atoms with van der Waals surface area (Å²) in [6.07, 6.45) is 2.38. The summed E-state index contributed by atoms with van der Waals surface area (Å²) < 4.78 is 5.43. The third-order valence-electron chi connectivity index (χ3n) is 3.24. The molecule has 0 saturated heterocycles. The SMILES string of the molecule is CCCCC1(CBr)OC(=O)c2ccccc2C1=O. The number of Topliss-reactive ketones (excluding diaryl/α,β-unsaturated/α-hetero) is 1. The van der Waals surface area contributed by atoms with Gasteiger partial charge in [0, 0.05) is 5.56 Å². The second kappa shape index (κ2) is 5.22. The summed E-state index contributed by atoms with van der Waals surface area (Å²) in [5.74, 6) is -0.497. The average Bonchev–Trinajstić information content (AvgIpc) is 2.41. The van der Waals surface area contributed by atoms with Gasteiger partial charge in [-0.1, -0.05) is 47.5 Å². The number of halogens is 1. The lowest BCUT2D eigenvalue weighted by molar-refractivity contribution is -0.00835. The summed E-state index contributed by atoms with van der Waals surface area (Å²) >= 11 is 3.32. The van der Waals surface area contributed by atoms with E-state index in [0.717, 1.165) is 12.8 Å². The molecule has 0 bridgehead atoms. The van der Waals surface area contributed by atoms with Gasteiger partial charge in [0.2, 0.25) is 5.78 Å². The number of benzene rings is 1. The lowest BCUT2D eigenvalue weighted by Crippen LogP contribution is -2.49. The van der Waals surface area contributed by atoms with E-state index in [9.17, 15) is 9.59 Å². The topological polar surface area (TPSA) is 43.4 Å². The molecule has 0 radical (unpaired) electrons. The molecule has 0 amide bonds. The van der Waals surface area contributed by atoms with Crippen LogP contribution in [0, 0.1) is 0 Å². The Labute approximate surface area is 115 Å². The number of ketones is 1. The van der Waals surface area contributed by atoms with Crippen LogP contribution >= 0.6 is 15.9 Å². The highest BCUT2D eigenvalue weighted by molar-refractivity contribution is 9.09. The number of cyclic esters (lactones) is 1. The molecule has 2 rings (SSSR count). The first kappa shape index (κ1) is 13.3. The van der Waals surface area contributed by atoms with Crippen molar-refractivity contribution in [2.24, 2.45) is 0 Å². The van der Waals surface area contributed by atoms with E-state index >= 15 is 0 Å². The minimum atomic E-state index is -1.03. The summed E-state index contributed by atoms with van der Waals surface area (Å²) in [5, 5.41) is 0.346. The smallest absolute Gasteiger partial charge is 0.339 e. The number of ether oxygens (including phenoxy) is 1. The van der Waals surface area contributed by atoms with Crippen LogP contribution < -0.4 is 0 Å². The van der Waals surface area contributed by atoms with Crippen molar-refractivity contribution < 1.29 is 14.3 Å². The van der Waals surface area contributed by atoms with E-state index in [4.69, 9.17) is 4.74 Å². The van der Waals surface area contributed by atoms with Gasteiger partial charge in [-0.3, -0.25) is 4.79 Å². The molecular formula is C14H15BrO3. The largest absolute Gasteiger partial charge is 0.446 e. The quantitative estimate of drug-likeness (QED) is 0.632. The highest BCUT2D eigenvalue weighted by Gasteiger charge is 2.46. The number of carbonyl (C=O) groups excluding carboxylic acids is 2. The first-order valence-corrected chi connectivity index (χ1v) is 7.20. The molecule has 1 aromatic carbocycles. The molecule has 18 heavy (non-hydrogen) atoms. The van der Waals surface area contributed by atoms with Gasteiger partial charge in [0.25, 0.3) is 0 Å². The molecule has 0 N–H and O–H groups in total.